The van der Waals surface area contributed by atoms with Gasteiger partial charge < -0.3 is 14.1 Å². The number of alkyl halides is 3. The third-order valence-electron chi connectivity index (χ3n) is 4.83. The minimum absolute atomic E-state index is 0.0949. The van der Waals surface area contributed by atoms with Crippen molar-refractivity contribution in [3.8, 4) is 5.75 Å². The van der Waals surface area contributed by atoms with E-state index < -0.39 is 22.1 Å². The van der Waals surface area contributed by atoms with E-state index in [0.29, 0.717) is 25.1 Å². The fourth-order valence-electron chi connectivity index (χ4n) is 3.35. The van der Waals surface area contributed by atoms with Crippen LogP contribution in [0.2, 0.25) is 0 Å². The molecule has 0 spiro atoms. The van der Waals surface area contributed by atoms with E-state index in [9.17, 15) is 26.4 Å². The van der Waals surface area contributed by atoms with Crippen molar-refractivity contribution in [2.45, 2.75) is 30.6 Å². The summed E-state index contributed by atoms with van der Waals surface area (Å²) in [6.07, 6.45) is -2.76. The number of carbonyl (C=O) groups is 1. The van der Waals surface area contributed by atoms with Crippen molar-refractivity contribution in [2.75, 3.05) is 20.1 Å². The molecule has 0 radical (unpaired) electrons. The number of benzene rings is 1. The Hall–Kier alpha value is -2.53. The molecule has 0 N–H and O–H groups in total. The molecule has 0 atom stereocenters. The molecule has 1 amide bonds. The van der Waals surface area contributed by atoms with Crippen LogP contribution in [0.25, 0.3) is 0 Å². The first-order chi connectivity index (χ1) is 14.1. The van der Waals surface area contributed by atoms with Crippen molar-refractivity contribution in [3.05, 3.63) is 48.4 Å². The number of amides is 1. The summed E-state index contributed by atoms with van der Waals surface area (Å²) in [5.74, 6) is -0.402. The largest absolute Gasteiger partial charge is 0.573 e. The smallest absolute Gasteiger partial charge is 0.467 e. The van der Waals surface area contributed by atoms with Crippen LogP contribution in [0.3, 0.4) is 0 Å². The van der Waals surface area contributed by atoms with Gasteiger partial charge in [0.2, 0.25) is 15.9 Å². The second kappa shape index (κ2) is 8.68. The first kappa shape index (κ1) is 22.2. The highest BCUT2D eigenvalue weighted by Crippen LogP contribution is 2.29. The van der Waals surface area contributed by atoms with E-state index in [2.05, 4.69) is 4.74 Å². The molecule has 0 saturated carbocycles. The average Bonchev–Trinajstić information content (AvgIpc) is 3.19. The summed E-state index contributed by atoms with van der Waals surface area (Å²) in [6.45, 7) is 0.506. The molecule has 2 heterocycles. The predicted molar refractivity (Wildman–Crippen MR) is 99.8 cm³/mol. The van der Waals surface area contributed by atoms with Crippen LogP contribution >= 0.6 is 0 Å². The molecule has 1 aliphatic heterocycles. The molecule has 164 valence electrons. The lowest BCUT2D eigenvalue weighted by Gasteiger charge is -2.32. The van der Waals surface area contributed by atoms with Crippen LogP contribution in [0.15, 0.2) is 52.0 Å². The van der Waals surface area contributed by atoms with Crippen molar-refractivity contribution in [3.63, 3.8) is 0 Å². The zero-order chi connectivity index (χ0) is 21.9. The molecule has 7 nitrogen and oxygen atoms in total. The van der Waals surface area contributed by atoms with E-state index in [4.69, 9.17) is 4.42 Å². The third kappa shape index (κ3) is 5.33. The van der Waals surface area contributed by atoms with Crippen molar-refractivity contribution >= 4 is 15.9 Å². The molecular weight excluding hydrogens is 425 g/mol. The van der Waals surface area contributed by atoms with Gasteiger partial charge in [-0.2, -0.15) is 4.31 Å². The van der Waals surface area contributed by atoms with Crippen LogP contribution in [0.5, 0.6) is 5.75 Å². The summed E-state index contributed by atoms with van der Waals surface area (Å²) in [6, 6.07) is 7.77. The number of ether oxygens (including phenoxy) is 1. The summed E-state index contributed by atoms with van der Waals surface area (Å²) in [5.41, 5.74) is 0. The van der Waals surface area contributed by atoms with Crippen LogP contribution in [0.1, 0.15) is 18.6 Å². The monoisotopic (exact) mass is 446 g/mol. The van der Waals surface area contributed by atoms with Crippen LogP contribution in [-0.4, -0.2) is 50.0 Å². The quantitative estimate of drug-likeness (QED) is 0.681. The standard InChI is InChI=1S/C19H21F3N2O5S/c1-23(13-16-5-3-11-28-16)18(25)14-7-9-24(10-8-14)30(26,27)17-6-2-4-15(12-17)29-19(20,21)22/h2-6,11-12,14H,7-10,13H2,1H3. The van der Waals surface area contributed by atoms with Gasteiger partial charge in [0, 0.05) is 32.1 Å². The summed E-state index contributed by atoms with van der Waals surface area (Å²) < 4.78 is 73.0. The Morgan fingerprint density at radius 2 is 1.93 bits per heavy atom. The second-order valence-corrected chi connectivity index (χ2v) is 8.91. The number of hydrogen-bond donors (Lipinski definition) is 0. The van der Waals surface area contributed by atoms with E-state index in [-0.39, 0.29) is 29.8 Å². The molecule has 0 bridgehead atoms. The van der Waals surface area contributed by atoms with Gasteiger partial charge in [-0.05, 0) is 37.1 Å². The molecule has 1 aliphatic rings. The SMILES string of the molecule is CN(Cc1ccco1)C(=O)C1CCN(S(=O)(=O)c2cccc(OC(F)(F)F)c2)CC1. The Labute approximate surface area is 172 Å². The number of rotatable bonds is 6. The van der Waals surface area contributed by atoms with Gasteiger partial charge in [-0.25, -0.2) is 8.42 Å². The molecule has 30 heavy (non-hydrogen) atoms. The van der Waals surface area contributed by atoms with E-state index in [1.807, 2.05) is 0 Å². The molecular formula is C19H21F3N2O5S. The summed E-state index contributed by atoms with van der Waals surface area (Å²) in [7, 11) is -2.35. The van der Waals surface area contributed by atoms with Gasteiger partial charge in [-0.1, -0.05) is 6.07 Å². The molecule has 2 aromatic rings. The topological polar surface area (TPSA) is 80.1 Å². The highest BCUT2D eigenvalue weighted by molar-refractivity contribution is 7.89. The molecule has 0 unspecified atom stereocenters. The lowest BCUT2D eigenvalue weighted by atomic mass is 9.96. The van der Waals surface area contributed by atoms with E-state index >= 15 is 0 Å². The highest BCUT2D eigenvalue weighted by Gasteiger charge is 2.35. The van der Waals surface area contributed by atoms with Crippen LogP contribution < -0.4 is 4.74 Å². The first-order valence-electron chi connectivity index (χ1n) is 9.19. The van der Waals surface area contributed by atoms with Crippen molar-refractivity contribution < 1.29 is 35.5 Å². The number of furan rings is 1. The van der Waals surface area contributed by atoms with Gasteiger partial charge in [0.1, 0.15) is 11.5 Å². The maximum atomic E-state index is 12.8. The van der Waals surface area contributed by atoms with Crippen LogP contribution in [0, 0.1) is 5.92 Å². The molecule has 1 aromatic heterocycles. The zero-order valence-electron chi connectivity index (χ0n) is 16.1. The molecule has 11 heteroatoms. The number of nitrogens with zero attached hydrogens (tertiary/aromatic N) is 2. The molecule has 1 saturated heterocycles. The van der Waals surface area contributed by atoms with Gasteiger partial charge in [-0.3, -0.25) is 4.79 Å². The van der Waals surface area contributed by atoms with E-state index in [0.717, 1.165) is 12.1 Å². The fraction of sp³-hybridized carbons (Fsp3) is 0.421. The Morgan fingerprint density at radius 3 is 2.53 bits per heavy atom. The molecule has 3 rings (SSSR count). The number of sulfonamides is 1. The Bertz CT molecular complexity index is 968. The second-order valence-electron chi connectivity index (χ2n) is 6.97. The van der Waals surface area contributed by atoms with Crippen molar-refractivity contribution in [1.82, 2.24) is 9.21 Å². The fourth-order valence-corrected chi connectivity index (χ4v) is 4.86. The third-order valence-corrected chi connectivity index (χ3v) is 6.72. The van der Waals surface area contributed by atoms with Crippen LogP contribution in [-0.2, 0) is 21.4 Å². The van der Waals surface area contributed by atoms with Gasteiger partial charge in [0.05, 0.1) is 17.7 Å². The molecule has 0 aliphatic carbocycles. The first-order valence-corrected chi connectivity index (χ1v) is 10.6. The lowest BCUT2D eigenvalue weighted by Crippen LogP contribution is -2.43. The zero-order valence-corrected chi connectivity index (χ0v) is 16.9. The maximum Gasteiger partial charge on any atom is 0.573 e. The van der Waals surface area contributed by atoms with Gasteiger partial charge in [-0.15, -0.1) is 13.2 Å². The van der Waals surface area contributed by atoms with Crippen molar-refractivity contribution in [2.24, 2.45) is 5.92 Å². The van der Waals surface area contributed by atoms with Gasteiger partial charge in [0.25, 0.3) is 0 Å². The van der Waals surface area contributed by atoms with Gasteiger partial charge >= 0.3 is 6.36 Å². The van der Waals surface area contributed by atoms with Gasteiger partial charge in [0.15, 0.2) is 0 Å². The predicted octanol–water partition coefficient (Wildman–Crippen LogP) is 3.24. The maximum absolute atomic E-state index is 12.8. The number of hydrogen-bond acceptors (Lipinski definition) is 5. The van der Waals surface area contributed by atoms with Crippen molar-refractivity contribution in [1.29, 1.82) is 0 Å². The Morgan fingerprint density at radius 1 is 1.23 bits per heavy atom. The number of halogens is 3. The number of carbonyl (C=O) groups excluding carboxylic acids is 1. The molecule has 1 fully saturated rings. The van der Waals surface area contributed by atoms with Crippen LogP contribution in [0.4, 0.5) is 13.2 Å². The Kier molecular flexibility index (Phi) is 6.41. The number of piperidine rings is 1. The van der Waals surface area contributed by atoms with E-state index in [1.54, 1.807) is 19.2 Å². The highest BCUT2D eigenvalue weighted by atomic mass is 32.2. The minimum atomic E-state index is -4.91. The van der Waals surface area contributed by atoms with E-state index in [1.165, 1.54) is 27.6 Å². The summed E-state index contributed by atoms with van der Waals surface area (Å²) in [4.78, 5) is 13.9. The minimum Gasteiger partial charge on any atom is -0.467 e. The summed E-state index contributed by atoms with van der Waals surface area (Å²) in [5, 5.41) is 0. The normalized spacial score (nSPS) is 16.4. The average molecular weight is 446 g/mol. The lowest BCUT2D eigenvalue weighted by molar-refractivity contribution is -0.274. The molecule has 1 aromatic carbocycles. The summed E-state index contributed by atoms with van der Waals surface area (Å²) >= 11 is 0. The Balaban J connectivity index is 1.62.